The Morgan fingerprint density at radius 1 is 1.10 bits per heavy atom. The van der Waals surface area contributed by atoms with E-state index in [1.54, 1.807) is 31.4 Å². The molecule has 0 aliphatic rings. The number of methoxy groups -OCH3 is 1. The minimum atomic E-state index is -0.204. The molecule has 1 aromatic heterocycles. The predicted molar refractivity (Wildman–Crippen MR) is 81.5 cm³/mol. The molecule has 0 spiro atoms. The third-order valence-corrected chi connectivity index (χ3v) is 2.83. The van der Waals surface area contributed by atoms with Gasteiger partial charge in [-0.1, -0.05) is 17.7 Å². The molecule has 110 valence electrons. The van der Waals surface area contributed by atoms with Gasteiger partial charge in [0.1, 0.15) is 5.82 Å². The van der Waals surface area contributed by atoms with E-state index < -0.39 is 0 Å². The number of ether oxygens (including phenoxy) is 1. The number of carbonyl (C=O) groups excluding carboxylic acids is 1. The Hall–Kier alpha value is -2.47. The predicted octanol–water partition coefficient (Wildman–Crippen LogP) is 2.10. The van der Waals surface area contributed by atoms with Gasteiger partial charge < -0.3 is 15.4 Å². The zero-order valence-electron chi connectivity index (χ0n) is 12.1. The average molecular weight is 286 g/mol. The lowest BCUT2D eigenvalue weighted by Gasteiger charge is -2.06. The maximum absolute atomic E-state index is 12.0. The van der Waals surface area contributed by atoms with Crippen LogP contribution in [0.25, 0.3) is 0 Å². The van der Waals surface area contributed by atoms with Crippen molar-refractivity contribution < 1.29 is 9.53 Å². The summed E-state index contributed by atoms with van der Waals surface area (Å²) in [6.07, 6.45) is 0. The molecule has 1 amide bonds. The van der Waals surface area contributed by atoms with Gasteiger partial charge in [0.25, 0.3) is 5.91 Å². The minimum Gasteiger partial charge on any atom is -0.383 e. The third kappa shape index (κ3) is 4.54. The number of hydrogen-bond donors (Lipinski definition) is 2. The summed E-state index contributed by atoms with van der Waals surface area (Å²) in [4.78, 5) is 12.0. The first-order valence-electron chi connectivity index (χ1n) is 6.63. The van der Waals surface area contributed by atoms with Crippen LogP contribution in [0.1, 0.15) is 15.9 Å². The summed E-state index contributed by atoms with van der Waals surface area (Å²) in [5.41, 5.74) is 1.70. The van der Waals surface area contributed by atoms with E-state index >= 15 is 0 Å². The molecule has 0 atom stereocenters. The number of benzene rings is 1. The second-order valence-electron chi connectivity index (χ2n) is 4.54. The third-order valence-electron chi connectivity index (χ3n) is 2.83. The van der Waals surface area contributed by atoms with Crippen molar-refractivity contribution in [3.8, 4) is 0 Å². The Morgan fingerprint density at radius 3 is 2.38 bits per heavy atom. The number of anilines is 2. The summed E-state index contributed by atoms with van der Waals surface area (Å²) < 4.78 is 4.93. The summed E-state index contributed by atoms with van der Waals surface area (Å²) in [6, 6.07) is 10.8. The number of nitrogens with one attached hydrogen (secondary N) is 2. The number of aromatic nitrogens is 2. The largest absolute Gasteiger partial charge is 0.383 e. The summed E-state index contributed by atoms with van der Waals surface area (Å²) in [6.45, 7) is 3.22. The molecule has 0 radical (unpaired) electrons. The number of hydrogen-bond acceptors (Lipinski definition) is 5. The summed E-state index contributed by atoms with van der Waals surface area (Å²) in [7, 11) is 1.64. The van der Waals surface area contributed by atoms with Gasteiger partial charge in [0, 0.05) is 19.2 Å². The van der Waals surface area contributed by atoms with Crippen molar-refractivity contribution in [2.24, 2.45) is 0 Å². The fourth-order valence-electron chi connectivity index (χ4n) is 1.67. The summed E-state index contributed by atoms with van der Waals surface area (Å²) >= 11 is 0. The first-order chi connectivity index (χ1) is 10.2. The second-order valence-corrected chi connectivity index (χ2v) is 4.54. The molecular weight excluding hydrogens is 268 g/mol. The van der Waals surface area contributed by atoms with Crippen molar-refractivity contribution >= 4 is 17.5 Å². The van der Waals surface area contributed by atoms with Crippen molar-refractivity contribution in [2.75, 3.05) is 30.9 Å². The molecule has 21 heavy (non-hydrogen) atoms. The van der Waals surface area contributed by atoms with Crippen molar-refractivity contribution in [3.63, 3.8) is 0 Å². The second kappa shape index (κ2) is 7.35. The molecule has 0 saturated heterocycles. The van der Waals surface area contributed by atoms with Gasteiger partial charge in [0.2, 0.25) is 0 Å². The van der Waals surface area contributed by atoms with Crippen molar-refractivity contribution in [1.29, 1.82) is 0 Å². The first kappa shape index (κ1) is 14.9. The van der Waals surface area contributed by atoms with Gasteiger partial charge in [-0.2, -0.15) is 0 Å². The quantitative estimate of drug-likeness (QED) is 0.795. The molecule has 0 aliphatic heterocycles. The van der Waals surface area contributed by atoms with Crippen LogP contribution in [0, 0.1) is 6.92 Å². The van der Waals surface area contributed by atoms with Crippen LogP contribution in [-0.4, -0.2) is 36.4 Å². The first-order valence-corrected chi connectivity index (χ1v) is 6.63. The summed E-state index contributed by atoms with van der Waals surface area (Å²) in [5.74, 6) is 0.850. The van der Waals surface area contributed by atoms with Gasteiger partial charge in [-0.15, -0.1) is 10.2 Å². The molecule has 0 fully saturated rings. The molecule has 0 aliphatic carbocycles. The Labute approximate surface area is 123 Å². The van der Waals surface area contributed by atoms with E-state index in [2.05, 4.69) is 20.8 Å². The van der Waals surface area contributed by atoms with Gasteiger partial charge in [0.05, 0.1) is 6.61 Å². The minimum absolute atomic E-state index is 0.204. The van der Waals surface area contributed by atoms with Crippen molar-refractivity contribution in [1.82, 2.24) is 10.2 Å². The lowest BCUT2D eigenvalue weighted by molar-refractivity contribution is 0.102. The molecule has 6 heteroatoms. The van der Waals surface area contributed by atoms with Gasteiger partial charge in [-0.05, 0) is 31.2 Å². The number of amides is 1. The smallest absolute Gasteiger partial charge is 0.256 e. The van der Waals surface area contributed by atoms with E-state index in [0.29, 0.717) is 30.4 Å². The van der Waals surface area contributed by atoms with Crippen LogP contribution < -0.4 is 10.6 Å². The number of aryl methyl sites for hydroxylation is 1. The van der Waals surface area contributed by atoms with Crippen LogP contribution in [0.2, 0.25) is 0 Å². The van der Waals surface area contributed by atoms with Gasteiger partial charge >= 0.3 is 0 Å². The fourth-order valence-corrected chi connectivity index (χ4v) is 1.67. The number of carbonyl (C=O) groups is 1. The van der Waals surface area contributed by atoms with E-state index in [-0.39, 0.29) is 5.91 Å². The highest BCUT2D eigenvalue weighted by Gasteiger charge is 2.06. The molecule has 2 N–H and O–H groups in total. The van der Waals surface area contributed by atoms with Crippen LogP contribution >= 0.6 is 0 Å². The van der Waals surface area contributed by atoms with E-state index in [9.17, 15) is 4.79 Å². The van der Waals surface area contributed by atoms with Crippen molar-refractivity contribution in [2.45, 2.75) is 6.92 Å². The Morgan fingerprint density at radius 2 is 1.76 bits per heavy atom. The molecular formula is C15H18N4O2. The lowest BCUT2D eigenvalue weighted by atomic mass is 10.1. The van der Waals surface area contributed by atoms with Gasteiger partial charge in [0.15, 0.2) is 5.82 Å². The highest BCUT2D eigenvalue weighted by Crippen LogP contribution is 2.09. The molecule has 0 saturated carbocycles. The van der Waals surface area contributed by atoms with Gasteiger partial charge in [-0.25, -0.2) is 0 Å². The lowest BCUT2D eigenvalue weighted by Crippen LogP contribution is -2.14. The Balaban J connectivity index is 1.93. The topological polar surface area (TPSA) is 76.1 Å². The molecule has 2 rings (SSSR count). The van der Waals surface area contributed by atoms with E-state index in [4.69, 9.17) is 4.74 Å². The monoisotopic (exact) mass is 286 g/mol. The van der Waals surface area contributed by atoms with E-state index in [0.717, 1.165) is 5.56 Å². The maximum atomic E-state index is 12.0. The van der Waals surface area contributed by atoms with Crippen LogP contribution in [0.15, 0.2) is 36.4 Å². The van der Waals surface area contributed by atoms with Gasteiger partial charge in [-0.3, -0.25) is 4.79 Å². The Kier molecular flexibility index (Phi) is 5.22. The Bertz CT molecular complexity index is 582. The highest BCUT2D eigenvalue weighted by molar-refractivity contribution is 6.03. The standard InChI is InChI=1S/C15H18N4O2/c1-11-3-5-12(6-4-11)15(20)17-14-8-7-13(18-19-14)16-9-10-21-2/h3-8H,9-10H2,1-2H3,(H,16,18)(H,17,19,20). The number of rotatable bonds is 6. The zero-order valence-corrected chi connectivity index (χ0v) is 12.1. The number of nitrogens with zero attached hydrogens (tertiary/aromatic N) is 2. The zero-order chi connectivity index (χ0) is 15.1. The molecule has 6 nitrogen and oxygen atoms in total. The van der Waals surface area contributed by atoms with E-state index in [1.165, 1.54) is 0 Å². The molecule has 1 aromatic carbocycles. The highest BCUT2D eigenvalue weighted by atomic mass is 16.5. The fraction of sp³-hybridized carbons (Fsp3) is 0.267. The van der Waals surface area contributed by atoms with Crippen LogP contribution in [0.5, 0.6) is 0 Å². The van der Waals surface area contributed by atoms with Crippen LogP contribution in [0.3, 0.4) is 0 Å². The molecule has 0 unspecified atom stereocenters. The average Bonchev–Trinajstić information content (AvgIpc) is 2.50. The molecule has 1 heterocycles. The van der Waals surface area contributed by atoms with Crippen molar-refractivity contribution in [3.05, 3.63) is 47.5 Å². The molecule has 2 aromatic rings. The molecule has 0 bridgehead atoms. The van der Waals surface area contributed by atoms with Crippen LogP contribution in [-0.2, 0) is 4.74 Å². The maximum Gasteiger partial charge on any atom is 0.256 e. The SMILES string of the molecule is COCCNc1ccc(NC(=O)c2ccc(C)cc2)nn1. The van der Waals surface area contributed by atoms with Crippen LogP contribution in [0.4, 0.5) is 11.6 Å². The van der Waals surface area contributed by atoms with E-state index in [1.807, 2.05) is 19.1 Å². The summed E-state index contributed by atoms with van der Waals surface area (Å²) in [5, 5.41) is 13.7. The normalized spacial score (nSPS) is 10.2.